The fourth-order valence-electron chi connectivity index (χ4n) is 7.80. The third-order valence-electron chi connectivity index (χ3n) is 9.12. The van der Waals surface area contributed by atoms with Crippen molar-refractivity contribution in [3.05, 3.63) is 0 Å². The van der Waals surface area contributed by atoms with Crippen molar-refractivity contribution in [1.29, 1.82) is 0 Å². The smallest absolute Gasteiger partial charge is 0.249 e. The van der Waals surface area contributed by atoms with Gasteiger partial charge < -0.3 is 5.11 Å². The predicted octanol–water partition coefficient (Wildman–Crippen LogP) is 4.03. The van der Waals surface area contributed by atoms with E-state index in [0.717, 1.165) is 42.9 Å². The molecule has 4 saturated carbocycles. The summed E-state index contributed by atoms with van der Waals surface area (Å²) in [7, 11) is 3.34. The van der Waals surface area contributed by atoms with E-state index < -0.39 is 5.60 Å². The first-order valence-electron chi connectivity index (χ1n) is 10.8. The van der Waals surface area contributed by atoms with Crippen molar-refractivity contribution in [3.63, 3.8) is 0 Å². The summed E-state index contributed by atoms with van der Waals surface area (Å²) in [6, 6.07) is 0. The predicted molar refractivity (Wildman–Crippen MR) is 101 cm³/mol. The zero-order valence-electron chi connectivity index (χ0n) is 17.0. The summed E-state index contributed by atoms with van der Waals surface area (Å²) in [6.07, 6.45) is 10.5. The van der Waals surface area contributed by atoms with Gasteiger partial charge in [-0.15, -0.1) is 0 Å². The van der Waals surface area contributed by atoms with Gasteiger partial charge in [0.05, 0.1) is 12.7 Å². The van der Waals surface area contributed by atoms with Crippen LogP contribution in [0.2, 0.25) is 0 Å². The highest BCUT2D eigenvalue weighted by molar-refractivity contribution is 5.79. The number of nitrogens with zero attached hydrogens (tertiary/aromatic N) is 1. The van der Waals surface area contributed by atoms with E-state index in [0.29, 0.717) is 5.92 Å². The van der Waals surface area contributed by atoms with E-state index in [1.165, 1.54) is 43.6 Å². The summed E-state index contributed by atoms with van der Waals surface area (Å²) in [5.74, 6) is 4.17. The van der Waals surface area contributed by atoms with Crippen molar-refractivity contribution < 1.29 is 14.7 Å². The fraction of sp³-hybridized carbons (Fsp3) is 0.955. The summed E-state index contributed by atoms with van der Waals surface area (Å²) in [5, 5.41) is 12.0. The summed E-state index contributed by atoms with van der Waals surface area (Å²) in [4.78, 5) is 18.1. The molecule has 0 aromatic carbocycles. The Kier molecular flexibility index (Phi) is 4.67. The third kappa shape index (κ3) is 2.83. The fourth-order valence-corrected chi connectivity index (χ4v) is 7.80. The molecule has 4 aliphatic rings. The second-order valence-corrected chi connectivity index (χ2v) is 10.4. The van der Waals surface area contributed by atoms with Gasteiger partial charge in [0.25, 0.3) is 0 Å². The van der Waals surface area contributed by atoms with Crippen molar-refractivity contribution in [3.8, 4) is 0 Å². The third-order valence-corrected chi connectivity index (χ3v) is 9.12. The molecule has 0 bridgehead atoms. The Morgan fingerprint density at radius 3 is 2.46 bits per heavy atom. The van der Waals surface area contributed by atoms with Crippen LogP contribution in [-0.4, -0.2) is 35.8 Å². The minimum Gasteiger partial charge on any atom is -0.390 e. The summed E-state index contributed by atoms with van der Waals surface area (Å²) in [5.41, 5.74) is -0.287. The second-order valence-electron chi connectivity index (χ2n) is 10.4. The molecule has 148 valence electrons. The van der Waals surface area contributed by atoms with Gasteiger partial charge in [-0.1, -0.05) is 6.92 Å². The zero-order chi connectivity index (χ0) is 18.7. The van der Waals surface area contributed by atoms with Crippen molar-refractivity contribution in [1.82, 2.24) is 5.06 Å². The van der Waals surface area contributed by atoms with Crippen LogP contribution < -0.4 is 0 Å². The van der Waals surface area contributed by atoms with E-state index in [9.17, 15) is 9.90 Å². The Balaban J connectivity index is 1.52. The van der Waals surface area contributed by atoms with Gasteiger partial charge in [-0.25, -0.2) is 5.06 Å². The van der Waals surface area contributed by atoms with Crippen LogP contribution in [0.4, 0.5) is 0 Å². The highest BCUT2D eigenvalue weighted by Gasteiger charge is 2.59. The topological polar surface area (TPSA) is 49.8 Å². The van der Waals surface area contributed by atoms with Gasteiger partial charge in [0, 0.05) is 13.0 Å². The summed E-state index contributed by atoms with van der Waals surface area (Å²) in [6.45, 7) is 4.43. The minimum absolute atomic E-state index is 0.128. The Bertz CT molecular complexity index is 562. The molecule has 0 aromatic rings. The first-order chi connectivity index (χ1) is 12.3. The number of aliphatic hydroxyl groups is 1. The Hall–Kier alpha value is -0.610. The average molecular weight is 364 g/mol. The van der Waals surface area contributed by atoms with E-state index in [2.05, 4.69) is 6.92 Å². The summed E-state index contributed by atoms with van der Waals surface area (Å²) < 4.78 is 0. The van der Waals surface area contributed by atoms with Crippen LogP contribution in [0.1, 0.15) is 71.6 Å². The van der Waals surface area contributed by atoms with E-state index >= 15 is 0 Å². The van der Waals surface area contributed by atoms with Gasteiger partial charge in [-0.05, 0) is 99.7 Å². The minimum atomic E-state index is -0.438. The van der Waals surface area contributed by atoms with Gasteiger partial charge in [0.1, 0.15) is 0 Å². The van der Waals surface area contributed by atoms with Crippen LogP contribution >= 0.6 is 0 Å². The lowest BCUT2D eigenvalue weighted by atomic mass is 9.49. The van der Waals surface area contributed by atoms with Gasteiger partial charge in [-0.3, -0.25) is 9.63 Å². The van der Waals surface area contributed by atoms with Crippen LogP contribution in [0.15, 0.2) is 0 Å². The molecule has 1 N–H and O–H groups in total. The normalized spacial score (nSPS) is 50.5. The molecule has 4 heteroatoms. The van der Waals surface area contributed by atoms with Crippen LogP contribution in [0.5, 0.6) is 0 Å². The molecule has 8 atom stereocenters. The van der Waals surface area contributed by atoms with E-state index in [1.54, 1.807) is 14.2 Å². The standard InChI is InChI=1S/C22H37NO3/c1-21(25)11-9-15-14(13-21)5-6-17-16(15)10-12-22(2)18(17)7-8-19(22)20(24)23(3)26-4/h14-19,25H,5-13H2,1-4H3/t14-,15+,16?,17-,18?,19-,21-,22+/m1/s1. The molecule has 4 aliphatic carbocycles. The maximum absolute atomic E-state index is 12.9. The van der Waals surface area contributed by atoms with Crippen LogP contribution in [0.25, 0.3) is 0 Å². The number of hydrogen-bond acceptors (Lipinski definition) is 3. The van der Waals surface area contributed by atoms with Crippen molar-refractivity contribution in [2.45, 2.75) is 77.2 Å². The monoisotopic (exact) mass is 363 g/mol. The van der Waals surface area contributed by atoms with Gasteiger partial charge >= 0.3 is 0 Å². The van der Waals surface area contributed by atoms with Crippen molar-refractivity contribution in [2.24, 2.45) is 40.9 Å². The molecule has 0 saturated heterocycles. The molecule has 1 amide bonds. The highest BCUT2D eigenvalue weighted by atomic mass is 16.7. The Morgan fingerprint density at radius 1 is 1.00 bits per heavy atom. The molecule has 0 heterocycles. The van der Waals surface area contributed by atoms with E-state index in [-0.39, 0.29) is 17.2 Å². The number of rotatable bonds is 2. The largest absolute Gasteiger partial charge is 0.390 e. The zero-order valence-corrected chi connectivity index (χ0v) is 17.0. The highest BCUT2D eigenvalue weighted by Crippen LogP contribution is 2.64. The van der Waals surface area contributed by atoms with Crippen LogP contribution in [0.3, 0.4) is 0 Å². The molecular weight excluding hydrogens is 326 g/mol. The molecule has 26 heavy (non-hydrogen) atoms. The van der Waals surface area contributed by atoms with Crippen molar-refractivity contribution >= 4 is 5.91 Å². The van der Waals surface area contributed by atoms with Gasteiger partial charge in [0.2, 0.25) is 5.91 Å². The molecule has 4 nitrogen and oxygen atoms in total. The Labute approximate surface area is 158 Å². The second kappa shape index (κ2) is 6.48. The lowest BCUT2D eigenvalue weighted by molar-refractivity contribution is -0.180. The summed E-state index contributed by atoms with van der Waals surface area (Å²) >= 11 is 0. The lowest BCUT2D eigenvalue weighted by Gasteiger charge is -2.56. The SMILES string of the molecule is CON(C)C(=O)[C@H]1CCC2[C@@H]3CC[C@@H]4C[C@](C)(O)CC[C@@H]4C3CC[C@@]21C. The molecule has 2 unspecified atom stereocenters. The van der Waals surface area contributed by atoms with E-state index in [4.69, 9.17) is 4.84 Å². The maximum atomic E-state index is 12.9. The molecule has 0 spiro atoms. The van der Waals surface area contributed by atoms with Gasteiger partial charge in [0.15, 0.2) is 0 Å². The molecule has 4 fully saturated rings. The Morgan fingerprint density at radius 2 is 1.73 bits per heavy atom. The molecule has 0 radical (unpaired) electrons. The molecular formula is C22H37NO3. The number of fused-ring (bicyclic) bond motifs is 5. The lowest BCUT2D eigenvalue weighted by Crippen LogP contribution is -2.51. The first kappa shape index (κ1) is 18.7. The average Bonchev–Trinajstić information content (AvgIpc) is 2.96. The molecule has 0 aromatic heterocycles. The first-order valence-corrected chi connectivity index (χ1v) is 10.8. The van der Waals surface area contributed by atoms with Crippen molar-refractivity contribution in [2.75, 3.05) is 14.2 Å². The van der Waals surface area contributed by atoms with Gasteiger partial charge in [-0.2, -0.15) is 0 Å². The number of hydrogen-bond donors (Lipinski definition) is 1. The molecule has 0 aliphatic heterocycles. The van der Waals surface area contributed by atoms with Crippen LogP contribution in [0, 0.1) is 40.9 Å². The number of amides is 1. The maximum Gasteiger partial charge on any atom is 0.249 e. The number of carbonyl (C=O) groups excluding carboxylic acids is 1. The quantitative estimate of drug-likeness (QED) is 0.754. The molecule has 4 rings (SSSR count). The van der Waals surface area contributed by atoms with E-state index in [1.807, 2.05) is 6.92 Å². The number of carbonyl (C=O) groups is 1. The number of hydroxylamine groups is 2. The van der Waals surface area contributed by atoms with Crippen LogP contribution in [-0.2, 0) is 9.63 Å².